The van der Waals surface area contributed by atoms with Crippen molar-refractivity contribution < 1.29 is 14.7 Å². The zero-order valence-corrected chi connectivity index (χ0v) is 11.9. The quantitative estimate of drug-likeness (QED) is 0.924. The smallest absolute Gasteiger partial charge is 0.326 e. The average Bonchev–Trinajstić information content (AvgIpc) is 3.09. The number of aromatic nitrogens is 3. The van der Waals surface area contributed by atoms with Gasteiger partial charge in [-0.1, -0.05) is 0 Å². The highest BCUT2D eigenvalue weighted by Crippen LogP contribution is 2.20. The van der Waals surface area contributed by atoms with Crippen LogP contribution in [0.5, 0.6) is 0 Å². The number of pyridine rings is 1. The summed E-state index contributed by atoms with van der Waals surface area (Å²) in [5, 5.41) is 9.28. The predicted octanol–water partition coefficient (Wildman–Crippen LogP) is 1.35. The number of rotatable bonds is 3. The molecule has 0 bridgehead atoms. The van der Waals surface area contributed by atoms with E-state index in [1.54, 1.807) is 41.6 Å². The maximum atomic E-state index is 12.6. The molecule has 1 N–H and O–H groups in total. The van der Waals surface area contributed by atoms with Gasteiger partial charge in [-0.3, -0.25) is 9.78 Å². The van der Waals surface area contributed by atoms with Gasteiger partial charge in [0.2, 0.25) is 0 Å². The minimum absolute atomic E-state index is 0.249. The Bertz CT molecular complexity index is 684. The van der Waals surface area contributed by atoms with Gasteiger partial charge in [0.15, 0.2) is 0 Å². The van der Waals surface area contributed by atoms with Gasteiger partial charge in [-0.15, -0.1) is 0 Å². The third-order valence-corrected chi connectivity index (χ3v) is 3.81. The Kier molecular flexibility index (Phi) is 3.86. The van der Waals surface area contributed by atoms with Crippen molar-refractivity contribution in [3.8, 4) is 5.69 Å². The minimum atomic E-state index is -0.959. The van der Waals surface area contributed by atoms with E-state index in [1.165, 1.54) is 4.90 Å². The molecule has 1 aliphatic heterocycles. The van der Waals surface area contributed by atoms with Crippen molar-refractivity contribution in [3.05, 3.63) is 42.7 Å². The first-order valence-corrected chi connectivity index (χ1v) is 7.15. The molecule has 1 saturated heterocycles. The zero-order valence-electron chi connectivity index (χ0n) is 11.9. The highest BCUT2D eigenvalue weighted by atomic mass is 16.4. The number of nitrogens with zero attached hydrogens (tertiary/aromatic N) is 4. The topological polar surface area (TPSA) is 88.3 Å². The molecule has 0 aromatic carbocycles. The van der Waals surface area contributed by atoms with E-state index < -0.39 is 12.0 Å². The highest BCUT2D eigenvalue weighted by Gasteiger charge is 2.33. The van der Waals surface area contributed by atoms with Crippen LogP contribution in [-0.4, -0.2) is 49.0 Å². The van der Waals surface area contributed by atoms with E-state index in [0.29, 0.717) is 13.0 Å². The number of carboxylic acid groups (broad SMARTS) is 1. The van der Waals surface area contributed by atoms with Gasteiger partial charge in [0, 0.05) is 25.1 Å². The molecular weight excluding hydrogens is 284 g/mol. The van der Waals surface area contributed by atoms with Crippen LogP contribution in [0.4, 0.5) is 0 Å². The number of carbonyl (C=O) groups excluding carboxylic acids is 1. The molecule has 3 heterocycles. The number of hydrogen-bond donors (Lipinski definition) is 1. The molecular formula is C15H16N4O3. The largest absolute Gasteiger partial charge is 0.480 e. The molecule has 3 rings (SSSR count). The van der Waals surface area contributed by atoms with Crippen LogP contribution in [0.1, 0.15) is 29.8 Å². The number of carboxylic acids is 1. The maximum absolute atomic E-state index is 12.6. The van der Waals surface area contributed by atoms with Crippen molar-refractivity contribution in [2.75, 3.05) is 6.54 Å². The number of likely N-dealkylation sites (tertiary alicyclic amines) is 1. The fourth-order valence-electron chi connectivity index (χ4n) is 2.69. The van der Waals surface area contributed by atoms with E-state index in [4.69, 9.17) is 0 Å². The number of carbonyl (C=O) groups is 2. The molecule has 1 aliphatic rings. The van der Waals surface area contributed by atoms with Crippen molar-refractivity contribution in [2.45, 2.75) is 25.3 Å². The molecule has 2 aromatic heterocycles. The summed E-state index contributed by atoms with van der Waals surface area (Å²) >= 11 is 0. The Labute approximate surface area is 127 Å². The van der Waals surface area contributed by atoms with Gasteiger partial charge in [-0.2, -0.15) is 0 Å². The molecule has 114 valence electrons. The van der Waals surface area contributed by atoms with Crippen LogP contribution in [-0.2, 0) is 4.79 Å². The number of piperidine rings is 1. The Balaban J connectivity index is 1.88. The molecule has 2 aromatic rings. The SMILES string of the molecule is O=C(O)C1CCCCN1C(=O)c1cc(-n2ccnc2)ccn1. The lowest BCUT2D eigenvalue weighted by atomic mass is 10.0. The second-order valence-electron chi connectivity index (χ2n) is 5.22. The van der Waals surface area contributed by atoms with Crippen molar-refractivity contribution in [3.63, 3.8) is 0 Å². The first kappa shape index (κ1) is 14.2. The minimum Gasteiger partial charge on any atom is -0.480 e. The molecule has 1 amide bonds. The van der Waals surface area contributed by atoms with Crippen LogP contribution in [0.2, 0.25) is 0 Å². The van der Waals surface area contributed by atoms with E-state index >= 15 is 0 Å². The summed E-state index contributed by atoms with van der Waals surface area (Å²) in [5.41, 5.74) is 1.01. The fourth-order valence-corrected chi connectivity index (χ4v) is 2.69. The molecule has 0 radical (unpaired) electrons. The molecule has 0 saturated carbocycles. The van der Waals surface area contributed by atoms with Crippen molar-refractivity contribution >= 4 is 11.9 Å². The summed E-state index contributed by atoms with van der Waals surface area (Å²) in [4.78, 5) is 33.4. The van der Waals surface area contributed by atoms with E-state index in [1.807, 2.05) is 0 Å². The van der Waals surface area contributed by atoms with E-state index in [-0.39, 0.29) is 11.6 Å². The molecule has 1 atom stereocenters. The highest BCUT2D eigenvalue weighted by molar-refractivity contribution is 5.95. The molecule has 22 heavy (non-hydrogen) atoms. The van der Waals surface area contributed by atoms with Gasteiger partial charge >= 0.3 is 5.97 Å². The van der Waals surface area contributed by atoms with Crippen molar-refractivity contribution in [1.82, 2.24) is 19.4 Å². The van der Waals surface area contributed by atoms with Crippen LogP contribution >= 0.6 is 0 Å². The summed E-state index contributed by atoms with van der Waals surface area (Å²) < 4.78 is 1.77. The summed E-state index contributed by atoms with van der Waals surface area (Å²) in [6.07, 6.45) is 8.71. The second kappa shape index (κ2) is 5.97. The van der Waals surface area contributed by atoms with Gasteiger partial charge in [0.1, 0.15) is 11.7 Å². The normalized spacial score (nSPS) is 18.2. The van der Waals surface area contributed by atoms with E-state index in [2.05, 4.69) is 9.97 Å². The van der Waals surface area contributed by atoms with Crippen molar-refractivity contribution in [2.24, 2.45) is 0 Å². The third kappa shape index (κ3) is 2.69. The lowest BCUT2D eigenvalue weighted by Gasteiger charge is -2.32. The van der Waals surface area contributed by atoms with Gasteiger partial charge < -0.3 is 14.6 Å². The monoisotopic (exact) mass is 300 g/mol. The van der Waals surface area contributed by atoms with Gasteiger partial charge in [-0.05, 0) is 31.4 Å². The molecule has 0 spiro atoms. The number of aliphatic carboxylic acids is 1. The number of hydrogen-bond acceptors (Lipinski definition) is 4. The van der Waals surface area contributed by atoms with Gasteiger partial charge in [-0.25, -0.2) is 9.78 Å². The Hall–Kier alpha value is -2.70. The Morgan fingerprint density at radius 3 is 2.86 bits per heavy atom. The van der Waals surface area contributed by atoms with Gasteiger partial charge in [0.25, 0.3) is 5.91 Å². The molecule has 0 aliphatic carbocycles. The standard InChI is InChI=1S/C15H16N4O3/c20-14(19-7-2-1-3-13(19)15(21)22)12-9-11(4-5-17-12)18-8-6-16-10-18/h4-6,8-10,13H,1-3,7H2,(H,21,22). The Morgan fingerprint density at radius 2 is 2.14 bits per heavy atom. The van der Waals surface area contributed by atoms with Crippen molar-refractivity contribution in [1.29, 1.82) is 0 Å². The summed E-state index contributed by atoms with van der Waals surface area (Å²) in [6.45, 7) is 0.451. The third-order valence-electron chi connectivity index (χ3n) is 3.81. The molecule has 7 heteroatoms. The predicted molar refractivity (Wildman–Crippen MR) is 77.7 cm³/mol. The van der Waals surface area contributed by atoms with Crippen LogP contribution in [0.3, 0.4) is 0 Å². The first-order chi connectivity index (χ1) is 10.7. The lowest BCUT2D eigenvalue weighted by Crippen LogP contribution is -2.48. The van der Waals surface area contributed by atoms with E-state index in [9.17, 15) is 14.7 Å². The molecule has 1 fully saturated rings. The van der Waals surface area contributed by atoms with Crippen LogP contribution < -0.4 is 0 Å². The van der Waals surface area contributed by atoms with Crippen LogP contribution in [0, 0.1) is 0 Å². The second-order valence-corrected chi connectivity index (χ2v) is 5.22. The number of imidazole rings is 1. The Morgan fingerprint density at radius 1 is 1.27 bits per heavy atom. The maximum Gasteiger partial charge on any atom is 0.326 e. The molecule has 1 unspecified atom stereocenters. The van der Waals surface area contributed by atoms with E-state index in [0.717, 1.165) is 18.5 Å². The fraction of sp³-hybridized carbons (Fsp3) is 0.333. The summed E-state index contributed by atoms with van der Waals surface area (Å²) in [6, 6.07) is 2.65. The summed E-state index contributed by atoms with van der Waals surface area (Å²) in [7, 11) is 0. The van der Waals surface area contributed by atoms with Gasteiger partial charge in [0.05, 0.1) is 12.0 Å². The van der Waals surface area contributed by atoms with Crippen LogP contribution in [0.25, 0.3) is 5.69 Å². The lowest BCUT2D eigenvalue weighted by molar-refractivity contribution is -0.143. The zero-order chi connectivity index (χ0) is 15.5. The first-order valence-electron chi connectivity index (χ1n) is 7.15. The summed E-state index contributed by atoms with van der Waals surface area (Å²) in [5.74, 6) is -1.30. The van der Waals surface area contributed by atoms with Crippen LogP contribution in [0.15, 0.2) is 37.1 Å². The molecule has 7 nitrogen and oxygen atoms in total. The number of amides is 1. The average molecular weight is 300 g/mol.